The average Bonchev–Trinajstić information content (AvgIpc) is 3.22. The first kappa shape index (κ1) is 18.7. The zero-order chi connectivity index (χ0) is 19.2. The van der Waals surface area contributed by atoms with Crippen molar-refractivity contribution in [3.63, 3.8) is 0 Å². The predicted octanol–water partition coefficient (Wildman–Crippen LogP) is 3.71. The van der Waals surface area contributed by atoms with Crippen LogP contribution >= 0.6 is 0 Å². The highest BCUT2D eigenvalue weighted by Gasteiger charge is 2.18. The van der Waals surface area contributed by atoms with Crippen LogP contribution in [0.2, 0.25) is 0 Å². The van der Waals surface area contributed by atoms with Gasteiger partial charge in [-0.15, -0.1) is 0 Å². The highest BCUT2D eigenvalue weighted by atomic mass is 16.5. The molecule has 0 bridgehead atoms. The molecule has 0 radical (unpaired) electrons. The standard InChI is InChI=1S/C23H27N3O2/c1-27-22-9-7-20(8-10-22)23-24-21(18-28-23)17-26-15-13-25(14-16-26)12-11-19-5-3-2-4-6-19/h2-10,18H,11-17H2,1H3. The molecule has 0 saturated carbocycles. The topological polar surface area (TPSA) is 41.7 Å². The molecule has 1 aromatic heterocycles. The fraction of sp³-hybridized carbons (Fsp3) is 0.348. The van der Waals surface area contributed by atoms with Crippen LogP contribution in [0.3, 0.4) is 0 Å². The molecule has 2 heterocycles. The molecular weight excluding hydrogens is 350 g/mol. The number of ether oxygens (including phenoxy) is 1. The third kappa shape index (κ3) is 4.80. The van der Waals surface area contributed by atoms with Crippen LogP contribution in [0.5, 0.6) is 5.75 Å². The van der Waals surface area contributed by atoms with Gasteiger partial charge in [-0.3, -0.25) is 4.90 Å². The molecule has 0 unspecified atom stereocenters. The van der Waals surface area contributed by atoms with Gasteiger partial charge in [0.1, 0.15) is 12.0 Å². The van der Waals surface area contributed by atoms with Crippen molar-refractivity contribution >= 4 is 0 Å². The molecular formula is C23H27N3O2. The number of rotatable bonds is 7. The Kier molecular flexibility index (Phi) is 6.04. The van der Waals surface area contributed by atoms with Gasteiger partial charge in [0, 0.05) is 44.8 Å². The Morgan fingerprint density at radius 1 is 0.929 bits per heavy atom. The summed E-state index contributed by atoms with van der Waals surface area (Å²) in [5.74, 6) is 1.50. The molecule has 0 aliphatic carbocycles. The summed E-state index contributed by atoms with van der Waals surface area (Å²) in [6.07, 6.45) is 2.90. The normalized spacial score (nSPS) is 15.6. The van der Waals surface area contributed by atoms with E-state index in [4.69, 9.17) is 9.15 Å². The SMILES string of the molecule is COc1ccc(-c2nc(CN3CCN(CCc4ccccc4)CC3)co2)cc1. The van der Waals surface area contributed by atoms with Gasteiger partial charge in [-0.05, 0) is 36.2 Å². The van der Waals surface area contributed by atoms with Crippen LogP contribution in [0.4, 0.5) is 0 Å². The summed E-state index contributed by atoms with van der Waals surface area (Å²) in [7, 11) is 1.67. The first-order valence-corrected chi connectivity index (χ1v) is 9.87. The number of hydrogen-bond acceptors (Lipinski definition) is 5. The van der Waals surface area contributed by atoms with Gasteiger partial charge >= 0.3 is 0 Å². The second-order valence-electron chi connectivity index (χ2n) is 7.23. The van der Waals surface area contributed by atoms with Crippen LogP contribution < -0.4 is 4.74 Å². The molecule has 146 valence electrons. The van der Waals surface area contributed by atoms with E-state index in [0.29, 0.717) is 5.89 Å². The molecule has 0 N–H and O–H groups in total. The van der Waals surface area contributed by atoms with E-state index in [1.807, 2.05) is 24.3 Å². The Balaban J connectivity index is 1.25. The van der Waals surface area contributed by atoms with Gasteiger partial charge in [0.05, 0.1) is 12.8 Å². The van der Waals surface area contributed by atoms with E-state index in [-0.39, 0.29) is 0 Å². The minimum atomic E-state index is 0.666. The fourth-order valence-corrected chi connectivity index (χ4v) is 3.58. The Morgan fingerprint density at radius 3 is 2.36 bits per heavy atom. The number of methoxy groups -OCH3 is 1. The zero-order valence-corrected chi connectivity index (χ0v) is 16.4. The summed E-state index contributed by atoms with van der Waals surface area (Å²) in [6, 6.07) is 18.5. The van der Waals surface area contributed by atoms with Crippen LogP contribution in [0, 0.1) is 0 Å². The molecule has 1 saturated heterocycles. The van der Waals surface area contributed by atoms with Crippen molar-refractivity contribution in [2.45, 2.75) is 13.0 Å². The molecule has 0 spiro atoms. The van der Waals surface area contributed by atoms with Crippen molar-refractivity contribution in [1.29, 1.82) is 0 Å². The average molecular weight is 377 g/mol. The number of piperazine rings is 1. The van der Waals surface area contributed by atoms with Crippen LogP contribution in [0.25, 0.3) is 11.5 Å². The van der Waals surface area contributed by atoms with Crippen molar-refractivity contribution in [1.82, 2.24) is 14.8 Å². The molecule has 0 atom stereocenters. The number of nitrogens with zero attached hydrogens (tertiary/aromatic N) is 3. The third-order valence-corrected chi connectivity index (χ3v) is 5.30. The maximum absolute atomic E-state index is 5.69. The molecule has 28 heavy (non-hydrogen) atoms. The van der Waals surface area contributed by atoms with Gasteiger partial charge in [-0.1, -0.05) is 30.3 Å². The zero-order valence-electron chi connectivity index (χ0n) is 16.4. The van der Waals surface area contributed by atoms with Gasteiger partial charge in [-0.2, -0.15) is 0 Å². The summed E-state index contributed by atoms with van der Waals surface area (Å²) in [5, 5.41) is 0. The minimum Gasteiger partial charge on any atom is -0.497 e. The van der Waals surface area contributed by atoms with Gasteiger partial charge in [-0.25, -0.2) is 4.98 Å². The number of benzene rings is 2. The molecule has 1 aliphatic heterocycles. The monoisotopic (exact) mass is 377 g/mol. The van der Waals surface area contributed by atoms with Gasteiger partial charge < -0.3 is 14.1 Å². The van der Waals surface area contributed by atoms with Crippen molar-refractivity contribution in [3.8, 4) is 17.2 Å². The van der Waals surface area contributed by atoms with Gasteiger partial charge in [0.15, 0.2) is 0 Å². The lowest BCUT2D eigenvalue weighted by Crippen LogP contribution is -2.46. The second kappa shape index (κ2) is 9.04. The summed E-state index contributed by atoms with van der Waals surface area (Å²) >= 11 is 0. The number of aromatic nitrogens is 1. The molecule has 3 aromatic rings. The minimum absolute atomic E-state index is 0.666. The van der Waals surface area contributed by atoms with Gasteiger partial charge in [0.25, 0.3) is 0 Å². The van der Waals surface area contributed by atoms with Crippen molar-refractivity contribution in [2.75, 3.05) is 39.8 Å². The fourth-order valence-electron chi connectivity index (χ4n) is 3.58. The van der Waals surface area contributed by atoms with Crippen molar-refractivity contribution < 1.29 is 9.15 Å². The van der Waals surface area contributed by atoms with Crippen molar-refractivity contribution in [2.24, 2.45) is 0 Å². The molecule has 2 aromatic carbocycles. The van der Waals surface area contributed by atoms with E-state index in [9.17, 15) is 0 Å². The molecule has 5 nitrogen and oxygen atoms in total. The Hall–Kier alpha value is -2.63. The molecule has 5 heteroatoms. The quantitative estimate of drug-likeness (QED) is 0.628. The maximum atomic E-state index is 5.69. The van der Waals surface area contributed by atoms with Crippen LogP contribution in [-0.4, -0.2) is 54.6 Å². The number of oxazole rings is 1. The summed E-state index contributed by atoms with van der Waals surface area (Å²) < 4.78 is 10.9. The smallest absolute Gasteiger partial charge is 0.226 e. The van der Waals surface area contributed by atoms with Gasteiger partial charge in [0.2, 0.25) is 5.89 Å². The van der Waals surface area contributed by atoms with E-state index >= 15 is 0 Å². The van der Waals surface area contributed by atoms with E-state index in [0.717, 1.165) is 62.7 Å². The first-order chi connectivity index (χ1) is 13.8. The lowest BCUT2D eigenvalue weighted by Gasteiger charge is -2.34. The second-order valence-corrected chi connectivity index (χ2v) is 7.23. The predicted molar refractivity (Wildman–Crippen MR) is 110 cm³/mol. The summed E-state index contributed by atoms with van der Waals surface area (Å²) in [4.78, 5) is 9.67. The highest BCUT2D eigenvalue weighted by Crippen LogP contribution is 2.22. The lowest BCUT2D eigenvalue weighted by atomic mass is 10.1. The van der Waals surface area contributed by atoms with Crippen molar-refractivity contribution in [3.05, 3.63) is 72.1 Å². The van der Waals surface area contributed by atoms with Crippen LogP contribution in [0.1, 0.15) is 11.3 Å². The molecule has 1 aliphatic rings. The molecule has 4 rings (SSSR count). The molecule has 0 amide bonds. The molecule has 1 fully saturated rings. The van der Waals surface area contributed by atoms with E-state index in [1.54, 1.807) is 13.4 Å². The Morgan fingerprint density at radius 2 is 1.64 bits per heavy atom. The highest BCUT2D eigenvalue weighted by molar-refractivity contribution is 5.54. The van der Waals surface area contributed by atoms with E-state index in [1.165, 1.54) is 5.56 Å². The van der Waals surface area contributed by atoms with E-state index in [2.05, 4.69) is 45.1 Å². The lowest BCUT2D eigenvalue weighted by molar-refractivity contribution is 0.127. The first-order valence-electron chi connectivity index (χ1n) is 9.87. The Bertz CT molecular complexity index is 853. The van der Waals surface area contributed by atoms with Crippen LogP contribution in [0.15, 0.2) is 65.3 Å². The summed E-state index contributed by atoms with van der Waals surface area (Å²) in [6.45, 7) is 6.32. The third-order valence-electron chi connectivity index (χ3n) is 5.30. The largest absolute Gasteiger partial charge is 0.497 e. The summed E-state index contributed by atoms with van der Waals surface area (Å²) in [5.41, 5.74) is 3.37. The Labute approximate surface area is 166 Å². The van der Waals surface area contributed by atoms with Crippen LogP contribution in [-0.2, 0) is 13.0 Å². The van der Waals surface area contributed by atoms with E-state index < -0.39 is 0 Å². The number of hydrogen-bond donors (Lipinski definition) is 0. The maximum Gasteiger partial charge on any atom is 0.226 e.